The van der Waals surface area contributed by atoms with E-state index in [0.29, 0.717) is 19.4 Å². The lowest BCUT2D eigenvalue weighted by molar-refractivity contribution is -0.141. The number of nitrogens with one attached hydrogen (secondary N) is 1. The van der Waals surface area contributed by atoms with Crippen molar-refractivity contribution in [3.05, 3.63) is 71.3 Å². The molecule has 2 aromatic rings. The van der Waals surface area contributed by atoms with Crippen LogP contribution in [0.2, 0.25) is 0 Å². The Hall–Kier alpha value is -2.62. The van der Waals surface area contributed by atoms with Crippen LogP contribution in [0.25, 0.3) is 0 Å². The normalized spacial score (nSPS) is 12.9. The summed E-state index contributed by atoms with van der Waals surface area (Å²) < 4.78 is 0. The van der Waals surface area contributed by atoms with Gasteiger partial charge in [-0.1, -0.05) is 75.4 Å². The molecule has 0 radical (unpaired) electrons. The van der Waals surface area contributed by atoms with Crippen LogP contribution in [0, 0.1) is 0 Å². The Morgan fingerprint density at radius 2 is 1.45 bits per heavy atom. The molecule has 168 valence electrons. The van der Waals surface area contributed by atoms with E-state index in [9.17, 15) is 9.59 Å². The van der Waals surface area contributed by atoms with Gasteiger partial charge in [0.1, 0.15) is 6.04 Å². The lowest BCUT2D eigenvalue weighted by Crippen LogP contribution is -2.52. The van der Waals surface area contributed by atoms with Gasteiger partial charge < -0.3 is 10.2 Å². The minimum absolute atomic E-state index is 0.0136. The van der Waals surface area contributed by atoms with Crippen molar-refractivity contribution >= 4 is 11.8 Å². The monoisotopic (exact) mass is 422 g/mol. The Bertz CT molecular complexity index is 859. The van der Waals surface area contributed by atoms with E-state index in [1.807, 2.05) is 51.1 Å². The molecule has 2 aromatic carbocycles. The number of nitrogens with zero attached hydrogens (tertiary/aromatic N) is 1. The molecule has 0 aromatic heterocycles. The van der Waals surface area contributed by atoms with Gasteiger partial charge in [-0.05, 0) is 56.2 Å². The third kappa shape index (κ3) is 7.86. The van der Waals surface area contributed by atoms with Gasteiger partial charge in [0.05, 0.1) is 0 Å². The van der Waals surface area contributed by atoms with Crippen molar-refractivity contribution in [3.8, 4) is 0 Å². The predicted molar refractivity (Wildman–Crippen MR) is 128 cm³/mol. The van der Waals surface area contributed by atoms with Gasteiger partial charge in [0, 0.05) is 18.5 Å². The van der Waals surface area contributed by atoms with Crippen LogP contribution in [0.15, 0.2) is 54.6 Å². The second-order valence-corrected chi connectivity index (χ2v) is 10.4. The Labute approximate surface area is 188 Å². The number of aryl methyl sites for hydroxylation is 1. The summed E-state index contributed by atoms with van der Waals surface area (Å²) in [5.74, 6) is -0.147. The van der Waals surface area contributed by atoms with E-state index in [1.165, 1.54) is 5.56 Å². The van der Waals surface area contributed by atoms with E-state index in [-0.39, 0.29) is 22.8 Å². The minimum Gasteiger partial charge on any atom is -0.350 e. The Kier molecular flexibility index (Phi) is 8.05. The highest BCUT2D eigenvalue weighted by atomic mass is 16.2. The van der Waals surface area contributed by atoms with Crippen LogP contribution in [0.1, 0.15) is 71.6 Å². The lowest BCUT2D eigenvalue weighted by atomic mass is 9.86. The molecule has 0 bridgehead atoms. The second kappa shape index (κ2) is 10.1. The zero-order valence-corrected chi connectivity index (χ0v) is 20.2. The second-order valence-electron chi connectivity index (χ2n) is 10.4. The molecule has 0 heterocycles. The van der Waals surface area contributed by atoms with Crippen molar-refractivity contribution in [2.45, 2.75) is 84.8 Å². The van der Waals surface area contributed by atoms with Gasteiger partial charge in [0.2, 0.25) is 11.8 Å². The topological polar surface area (TPSA) is 49.4 Å². The number of amides is 2. The molecule has 1 unspecified atom stereocenters. The molecule has 0 spiro atoms. The first-order valence-electron chi connectivity index (χ1n) is 11.1. The zero-order valence-electron chi connectivity index (χ0n) is 20.2. The van der Waals surface area contributed by atoms with Gasteiger partial charge in [-0.2, -0.15) is 0 Å². The molecule has 0 aliphatic carbocycles. The first-order valence-corrected chi connectivity index (χ1v) is 11.1. The number of rotatable bonds is 7. The van der Waals surface area contributed by atoms with Crippen LogP contribution in [0.3, 0.4) is 0 Å². The van der Waals surface area contributed by atoms with Crippen LogP contribution < -0.4 is 5.32 Å². The molecular weight excluding hydrogens is 384 g/mol. The van der Waals surface area contributed by atoms with Gasteiger partial charge in [0.15, 0.2) is 0 Å². The zero-order chi connectivity index (χ0) is 23.2. The fraction of sp³-hybridized carbons (Fsp3) is 0.481. The minimum atomic E-state index is -0.546. The summed E-state index contributed by atoms with van der Waals surface area (Å²) in [6.45, 7) is 14.6. The molecule has 2 rings (SSSR count). The van der Waals surface area contributed by atoms with E-state index in [0.717, 1.165) is 11.1 Å². The molecule has 0 saturated carbocycles. The molecule has 4 heteroatoms. The summed E-state index contributed by atoms with van der Waals surface area (Å²) in [5, 5.41) is 3.00. The number of carbonyl (C=O) groups is 2. The summed E-state index contributed by atoms with van der Waals surface area (Å²) in [4.78, 5) is 27.7. The van der Waals surface area contributed by atoms with Gasteiger partial charge >= 0.3 is 0 Å². The third-order valence-corrected chi connectivity index (χ3v) is 5.31. The summed E-state index contributed by atoms with van der Waals surface area (Å²) in [6.07, 6.45) is 1.02. The maximum Gasteiger partial charge on any atom is 0.242 e. The Morgan fingerprint density at radius 3 is 1.97 bits per heavy atom. The third-order valence-electron chi connectivity index (χ3n) is 5.31. The summed E-state index contributed by atoms with van der Waals surface area (Å²) >= 11 is 0. The van der Waals surface area contributed by atoms with E-state index in [1.54, 1.807) is 11.8 Å². The van der Waals surface area contributed by atoms with Crippen LogP contribution >= 0.6 is 0 Å². The summed E-state index contributed by atoms with van der Waals surface area (Å²) in [5.41, 5.74) is 3.19. The molecule has 4 nitrogen and oxygen atoms in total. The summed E-state index contributed by atoms with van der Waals surface area (Å²) in [6, 6.07) is 17.8. The Morgan fingerprint density at radius 1 is 0.871 bits per heavy atom. The first-order chi connectivity index (χ1) is 14.4. The summed E-state index contributed by atoms with van der Waals surface area (Å²) in [7, 11) is 0. The van der Waals surface area contributed by atoms with Crippen molar-refractivity contribution in [1.29, 1.82) is 0 Å². The van der Waals surface area contributed by atoms with Gasteiger partial charge in [0.25, 0.3) is 0 Å². The van der Waals surface area contributed by atoms with E-state index in [2.05, 4.69) is 50.4 Å². The van der Waals surface area contributed by atoms with Crippen molar-refractivity contribution in [1.82, 2.24) is 10.2 Å². The van der Waals surface area contributed by atoms with Gasteiger partial charge in [-0.25, -0.2) is 0 Å². The van der Waals surface area contributed by atoms with E-state index < -0.39 is 6.04 Å². The van der Waals surface area contributed by atoms with Crippen LogP contribution in [0.4, 0.5) is 0 Å². The van der Waals surface area contributed by atoms with Crippen LogP contribution in [-0.4, -0.2) is 28.3 Å². The average Bonchev–Trinajstić information content (AvgIpc) is 2.69. The smallest absolute Gasteiger partial charge is 0.242 e. The largest absolute Gasteiger partial charge is 0.350 e. The molecule has 1 atom stereocenters. The predicted octanol–water partition coefficient (Wildman–Crippen LogP) is 5.25. The maximum atomic E-state index is 13.2. The van der Waals surface area contributed by atoms with Crippen molar-refractivity contribution < 1.29 is 9.59 Å². The average molecular weight is 423 g/mol. The number of hydrogen-bond donors (Lipinski definition) is 1. The van der Waals surface area contributed by atoms with Crippen molar-refractivity contribution in [2.24, 2.45) is 0 Å². The molecule has 0 aliphatic heterocycles. The number of hydrogen-bond acceptors (Lipinski definition) is 2. The molecular formula is C27H38N2O2. The highest BCUT2D eigenvalue weighted by Crippen LogP contribution is 2.22. The molecule has 0 saturated heterocycles. The Balaban J connectivity index is 2.12. The van der Waals surface area contributed by atoms with Crippen molar-refractivity contribution in [3.63, 3.8) is 0 Å². The first kappa shape index (κ1) is 24.6. The molecule has 2 amide bonds. The quantitative estimate of drug-likeness (QED) is 0.663. The van der Waals surface area contributed by atoms with E-state index in [4.69, 9.17) is 0 Å². The molecule has 0 aliphatic rings. The van der Waals surface area contributed by atoms with Crippen LogP contribution in [-0.2, 0) is 28.0 Å². The fourth-order valence-electron chi connectivity index (χ4n) is 3.40. The maximum absolute atomic E-state index is 13.2. The molecule has 1 N–H and O–H groups in total. The van der Waals surface area contributed by atoms with Gasteiger partial charge in [-0.3, -0.25) is 9.59 Å². The van der Waals surface area contributed by atoms with E-state index >= 15 is 0 Å². The highest BCUT2D eigenvalue weighted by molar-refractivity contribution is 5.87. The lowest BCUT2D eigenvalue weighted by Gasteiger charge is -2.31. The van der Waals surface area contributed by atoms with Gasteiger partial charge in [-0.15, -0.1) is 0 Å². The molecule has 31 heavy (non-hydrogen) atoms. The number of benzene rings is 2. The standard InChI is InChI=1S/C27H38N2O2/c1-20(25(31)28-27(5,6)7)29(19-22-11-9-8-10-12-22)24(30)18-15-21-13-16-23(17-14-21)26(2,3)4/h8-14,16-17,20H,15,18-19H2,1-7H3,(H,28,31). The van der Waals surface area contributed by atoms with Crippen LogP contribution in [0.5, 0.6) is 0 Å². The molecule has 0 fully saturated rings. The SMILES string of the molecule is CC(C(=O)NC(C)(C)C)N(Cc1ccccc1)C(=O)CCc1ccc(C(C)(C)C)cc1. The number of carbonyl (C=O) groups excluding carboxylic acids is 2. The fourth-order valence-corrected chi connectivity index (χ4v) is 3.40. The van der Waals surface area contributed by atoms with Crippen molar-refractivity contribution in [2.75, 3.05) is 0 Å². The highest BCUT2D eigenvalue weighted by Gasteiger charge is 2.28.